The van der Waals surface area contributed by atoms with Crippen LogP contribution in [0.5, 0.6) is 0 Å². The minimum absolute atomic E-state index is 0. The first-order valence-electron chi connectivity index (χ1n) is 9.44. The molecule has 1 atom stereocenters. The molecule has 1 amide bonds. The van der Waals surface area contributed by atoms with Gasteiger partial charge in [0.15, 0.2) is 0 Å². The van der Waals surface area contributed by atoms with Gasteiger partial charge in [0.05, 0.1) is 24.6 Å². The molecule has 9 heteroatoms. The van der Waals surface area contributed by atoms with Gasteiger partial charge in [0, 0.05) is 40.7 Å². The molecule has 26 heavy (non-hydrogen) atoms. The van der Waals surface area contributed by atoms with Gasteiger partial charge in [-0.25, -0.2) is 8.42 Å². The van der Waals surface area contributed by atoms with Crippen LogP contribution in [0, 0.1) is 0 Å². The molecular formula is C17H37N3O5S. The van der Waals surface area contributed by atoms with Crippen molar-refractivity contribution in [1.82, 2.24) is 14.5 Å². The molecule has 0 saturated carbocycles. The molecule has 0 spiro atoms. The van der Waals surface area contributed by atoms with E-state index in [9.17, 15) is 13.2 Å². The summed E-state index contributed by atoms with van der Waals surface area (Å²) in [5, 5.41) is 2.42. The number of nitrogens with one attached hydrogen (secondary N) is 1. The Balaban J connectivity index is 0.00000676. The predicted octanol–water partition coefficient (Wildman–Crippen LogP) is 0.536. The van der Waals surface area contributed by atoms with Gasteiger partial charge >= 0.3 is 0 Å². The van der Waals surface area contributed by atoms with Crippen LogP contribution in [-0.2, 0) is 24.3 Å². The second kappa shape index (κ2) is 11.9. The monoisotopic (exact) mass is 395 g/mol. The number of hydrogen-bond donors (Lipinski definition) is 1. The summed E-state index contributed by atoms with van der Waals surface area (Å²) in [6.45, 7) is 12.3. The maximum atomic E-state index is 12.3. The fraction of sp³-hybridized carbons (Fsp3) is 0.941. The Labute approximate surface area is 159 Å². The van der Waals surface area contributed by atoms with Crippen molar-refractivity contribution in [1.29, 1.82) is 0 Å². The fourth-order valence-corrected chi connectivity index (χ4v) is 4.13. The number of hydrogen-bond acceptors (Lipinski definition) is 6. The summed E-state index contributed by atoms with van der Waals surface area (Å²) in [6, 6.07) is 0. The molecule has 1 N–H and O–H groups in total. The average molecular weight is 396 g/mol. The van der Waals surface area contributed by atoms with Gasteiger partial charge in [0.2, 0.25) is 15.9 Å². The molecule has 0 aromatic rings. The van der Waals surface area contributed by atoms with Crippen LogP contribution in [0.15, 0.2) is 0 Å². The van der Waals surface area contributed by atoms with E-state index in [1.54, 1.807) is 11.2 Å². The van der Waals surface area contributed by atoms with Crippen molar-refractivity contribution in [2.75, 3.05) is 59.1 Å². The molecule has 1 rings (SSSR count). The SMILES string of the molecule is CCC(C)S(=O)(=O)N1CCN(CCOCCNC(=O)COC(C)C)CC1.[HH]. The van der Waals surface area contributed by atoms with Crippen molar-refractivity contribution >= 4 is 15.9 Å². The van der Waals surface area contributed by atoms with Gasteiger partial charge < -0.3 is 14.8 Å². The third-order valence-corrected chi connectivity index (χ3v) is 6.88. The van der Waals surface area contributed by atoms with E-state index >= 15 is 0 Å². The maximum Gasteiger partial charge on any atom is 0.246 e. The molecule has 0 radical (unpaired) electrons. The van der Waals surface area contributed by atoms with E-state index in [-0.39, 0.29) is 25.3 Å². The van der Waals surface area contributed by atoms with E-state index in [1.165, 1.54) is 0 Å². The van der Waals surface area contributed by atoms with E-state index in [0.29, 0.717) is 39.3 Å². The van der Waals surface area contributed by atoms with E-state index in [4.69, 9.17) is 9.47 Å². The molecular weight excluding hydrogens is 358 g/mol. The van der Waals surface area contributed by atoms with Crippen LogP contribution in [-0.4, -0.2) is 94.0 Å². The molecule has 0 bridgehead atoms. The molecule has 1 aliphatic rings. The first kappa shape index (κ1) is 23.3. The van der Waals surface area contributed by atoms with Crippen molar-refractivity contribution in [3.05, 3.63) is 0 Å². The Morgan fingerprint density at radius 2 is 1.81 bits per heavy atom. The van der Waals surface area contributed by atoms with E-state index in [1.807, 2.05) is 20.8 Å². The number of sulfonamides is 1. The second-order valence-corrected chi connectivity index (χ2v) is 9.18. The van der Waals surface area contributed by atoms with Crippen molar-refractivity contribution in [2.24, 2.45) is 0 Å². The van der Waals surface area contributed by atoms with Crippen molar-refractivity contribution in [3.63, 3.8) is 0 Å². The lowest BCUT2D eigenvalue weighted by atomic mass is 10.3. The molecule has 1 heterocycles. The van der Waals surface area contributed by atoms with Crippen LogP contribution < -0.4 is 5.32 Å². The lowest BCUT2D eigenvalue weighted by molar-refractivity contribution is -0.127. The summed E-state index contributed by atoms with van der Waals surface area (Å²) >= 11 is 0. The highest BCUT2D eigenvalue weighted by atomic mass is 32.2. The zero-order chi connectivity index (χ0) is 19.6. The number of carbonyl (C=O) groups is 1. The van der Waals surface area contributed by atoms with Crippen LogP contribution in [0.25, 0.3) is 0 Å². The smallest absolute Gasteiger partial charge is 0.246 e. The highest BCUT2D eigenvalue weighted by Crippen LogP contribution is 2.14. The second-order valence-electron chi connectivity index (χ2n) is 6.83. The Hall–Kier alpha value is -0.740. The summed E-state index contributed by atoms with van der Waals surface area (Å²) in [5.41, 5.74) is 0. The average Bonchev–Trinajstić information content (AvgIpc) is 2.62. The third-order valence-electron chi connectivity index (χ3n) is 4.44. The molecule has 1 saturated heterocycles. The van der Waals surface area contributed by atoms with Crippen LogP contribution in [0.4, 0.5) is 0 Å². The number of rotatable bonds is 12. The minimum Gasteiger partial charge on any atom is -0.378 e. The van der Waals surface area contributed by atoms with Crippen molar-refractivity contribution in [2.45, 2.75) is 45.5 Å². The Morgan fingerprint density at radius 1 is 1.15 bits per heavy atom. The normalized spacial score (nSPS) is 18.2. The maximum absolute atomic E-state index is 12.3. The van der Waals surface area contributed by atoms with E-state index in [0.717, 1.165) is 19.6 Å². The highest BCUT2D eigenvalue weighted by Gasteiger charge is 2.30. The van der Waals surface area contributed by atoms with Gasteiger partial charge in [-0.1, -0.05) is 6.92 Å². The van der Waals surface area contributed by atoms with Crippen molar-refractivity contribution < 1.29 is 24.1 Å². The highest BCUT2D eigenvalue weighted by molar-refractivity contribution is 7.89. The number of ether oxygens (including phenoxy) is 2. The van der Waals surface area contributed by atoms with Gasteiger partial charge in [0.25, 0.3) is 0 Å². The predicted molar refractivity (Wildman–Crippen MR) is 104 cm³/mol. The molecule has 1 unspecified atom stereocenters. The molecule has 1 fully saturated rings. The van der Waals surface area contributed by atoms with Gasteiger partial charge in [-0.3, -0.25) is 9.69 Å². The number of piperazine rings is 1. The van der Waals surface area contributed by atoms with Crippen LogP contribution in [0.1, 0.15) is 35.5 Å². The van der Waals surface area contributed by atoms with Crippen LogP contribution >= 0.6 is 0 Å². The number of nitrogens with zero attached hydrogens (tertiary/aromatic N) is 2. The lowest BCUT2D eigenvalue weighted by Gasteiger charge is -2.35. The van der Waals surface area contributed by atoms with Crippen LogP contribution in [0.2, 0.25) is 0 Å². The van der Waals surface area contributed by atoms with Crippen LogP contribution in [0.3, 0.4) is 0 Å². The Bertz CT molecular complexity index is 511. The molecule has 156 valence electrons. The first-order valence-corrected chi connectivity index (χ1v) is 10.9. The molecule has 8 nitrogen and oxygen atoms in total. The topological polar surface area (TPSA) is 88.2 Å². The zero-order valence-corrected chi connectivity index (χ0v) is 17.4. The Kier molecular flexibility index (Phi) is 10.6. The van der Waals surface area contributed by atoms with Gasteiger partial charge in [0.1, 0.15) is 6.61 Å². The van der Waals surface area contributed by atoms with Gasteiger partial charge in [-0.15, -0.1) is 0 Å². The van der Waals surface area contributed by atoms with Gasteiger partial charge in [-0.2, -0.15) is 4.31 Å². The summed E-state index contributed by atoms with van der Waals surface area (Å²) in [4.78, 5) is 13.7. The standard InChI is InChI=1S/C17H35N3O5S.H2/c1-5-16(4)26(22,23)20-9-7-19(8-10-20)11-13-24-12-6-18-17(21)14-25-15(2)3;/h15-16H,5-14H2,1-4H3,(H,18,21);1H. The molecule has 0 aromatic heterocycles. The zero-order valence-electron chi connectivity index (χ0n) is 16.6. The molecule has 0 aromatic carbocycles. The third kappa shape index (κ3) is 8.30. The first-order chi connectivity index (χ1) is 12.3. The molecule has 1 aliphatic heterocycles. The number of amides is 1. The summed E-state index contributed by atoms with van der Waals surface area (Å²) < 4.78 is 37.0. The quantitative estimate of drug-likeness (QED) is 0.485. The Morgan fingerprint density at radius 3 is 2.38 bits per heavy atom. The van der Waals surface area contributed by atoms with Crippen molar-refractivity contribution in [3.8, 4) is 0 Å². The summed E-state index contributed by atoms with van der Waals surface area (Å²) in [5.74, 6) is -0.138. The summed E-state index contributed by atoms with van der Waals surface area (Å²) in [6.07, 6.45) is 0.675. The lowest BCUT2D eigenvalue weighted by Crippen LogP contribution is -2.51. The molecule has 0 aliphatic carbocycles. The largest absolute Gasteiger partial charge is 0.378 e. The van der Waals surface area contributed by atoms with Gasteiger partial charge in [-0.05, 0) is 27.2 Å². The minimum atomic E-state index is -3.16. The number of carbonyl (C=O) groups excluding carboxylic acids is 1. The van der Waals surface area contributed by atoms with E-state index in [2.05, 4.69) is 10.2 Å². The fourth-order valence-electron chi connectivity index (χ4n) is 2.52. The van der Waals surface area contributed by atoms with E-state index < -0.39 is 10.0 Å². The summed E-state index contributed by atoms with van der Waals surface area (Å²) in [7, 11) is -3.16.